The van der Waals surface area contributed by atoms with Crippen molar-refractivity contribution in [1.29, 1.82) is 0 Å². The average molecular weight is 155 g/mol. The Hall–Kier alpha value is -0.990. The van der Waals surface area contributed by atoms with Crippen molar-refractivity contribution in [3.63, 3.8) is 0 Å². The largest absolute Gasteiger partial charge is 0.371 e. The van der Waals surface area contributed by atoms with E-state index in [-0.39, 0.29) is 5.91 Å². The fourth-order valence-corrected chi connectivity index (χ4v) is 0.982. The van der Waals surface area contributed by atoms with E-state index < -0.39 is 0 Å². The van der Waals surface area contributed by atoms with E-state index in [1.807, 2.05) is 6.92 Å². The highest BCUT2D eigenvalue weighted by molar-refractivity contribution is 7.80. The lowest BCUT2D eigenvalue weighted by atomic mass is 10.4. The molecule has 0 bridgehead atoms. The Morgan fingerprint density at radius 1 is 1.90 bits per heavy atom. The first kappa shape index (κ1) is 7.12. The van der Waals surface area contributed by atoms with Crippen LogP contribution in [0.15, 0.2) is 6.08 Å². The summed E-state index contributed by atoms with van der Waals surface area (Å²) in [4.78, 5) is 12.4. The number of nitrogens with zero attached hydrogens (tertiary/aromatic N) is 1. The summed E-state index contributed by atoms with van der Waals surface area (Å²) in [5.41, 5.74) is 0. The van der Waals surface area contributed by atoms with Crippen molar-refractivity contribution in [3.05, 3.63) is 12.3 Å². The molecule has 3 nitrogen and oxygen atoms in total. The second kappa shape index (κ2) is 2.73. The van der Waals surface area contributed by atoms with Crippen molar-refractivity contribution in [2.24, 2.45) is 0 Å². The van der Waals surface area contributed by atoms with Crippen molar-refractivity contribution in [2.75, 3.05) is 6.54 Å². The maximum Gasteiger partial charge on any atom is 0.371 e. The summed E-state index contributed by atoms with van der Waals surface area (Å²) < 4.78 is 0. The number of amides is 1. The Labute approximate surface area is 64.7 Å². The fraction of sp³-hybridized carbons (Fsp3) is 0.333. The number of hydrogen-bond donors (Lipinski definition) is 1. The van der Waals surface area contributed by atoms with Crippen molar-refractivity contribution in [1.82, 2.24) is 10.2 Å². The molecule has 1 aliphatic rings. The topological polar surface area (TPSA) is 32.3 Å². The zero-order chi connectivity index (χ0) is 7.56. The first-order valence-corrected chi connectivity index (χ1v) is 3.36. The van der Waals surface area contributed by atoms with E-state index in [0.717, 1.165) is 0 Å². The van der Waals surface area contributed by atoms with Crippen molar-refractivity contribution in [2.45, 2.75) is 6.92 Å². The van der Waals surface area contributed by atoms with E-state index in [1.165, 1.54) is 11.0 Å². The van der Waals surface area contributed by atoms with Gasteiger partial charge in [0.05, 0.1) is 6.54 Å². The molecule has 0 unspecified atom stereocenters. The molecule has 0 radical (unpaired) electrons. The van der Waals surface area contributed by atoms with Crippen molar-refractivity contribution >= 4 is 23.2 Å². The molecule has 0 saturated carbocycles. The summed E-state index contributed by atoms with van der Waals surface area (Å²) in [6, 6.07) is 0. The molecule has 1 amide bonds. The van der Waals surface area contributed by atoms with Gasteiger partial charge in [0.2, 0.25) is 0 Å². The first-order chi connectivity index (χ1) is 4.75. The number of nitrogens with one attached hydrogen (secondary N) is 1. The molecule has 1 rings (SSSR count). The van der Waals surface area contributed by atoms with Gasteiger partial charge in [-0.1, -0.05) is 0 Å². The van der Waals surface area contributed by atoms with Gasteiger partial charge in [-0.3, -0.25) is 0 Å². The highest BCUT2D eigenvalue weighted by Crippen LogP contribution is 1.96. The fourth-order valence-electron chi connectivity index (χ4n) is 0.704. The zero-order valence-corrected chi connectivity index (χ0v) is 6.36. The Morgan fingerprint density at radius 3 is 3.00 bits per heavy atom. The summed E-state index contributed by atoms with van der Waals surface area (Å²) in [5, 5.41) is 3.07. The van der Waals surface area contributed by atoms with Gasteiger partial charge in [-0.25, -0.2) is 0 Å². The second-order valence-corrected chi connectivity index (χ2v) is 2.19. The predicted molar refractivity (Wildman–Crippen MR) is 40.9 cm³/mol. The summed E-state index contributed by atoms with van der Waals surface area (Å²) in [7, 11) is 0. The Bertz CT molecular complexity index is 200. The molecule has 1 N–H and O–H groups in total. The number of carbonyl (C=O) groups excluding carboxylic acids is 1. The number of carbonyl (C=O) groups is 1. The van der Waals surface area contributed by atoms with Crippen LogP contribution in [0.5, 0.6) is 0 Å². The molecule has 1 aliphatic heterocycles. The van der Waals surface area contributed by atoms with Crippen LogP contribution < -0.4 is 5.32 Å². The van der Waals surface area contributed by atoms with Crippen LogP contribution >= 0.6 is 12.2 Å². The van der Waals surface area contributed by atoms with Crippen LogP contribution in [0.1, 0.15) is 6.92 Å². The molecule has 10 heavy (non-hydrogen) atoms. The van der Waals surface area contributed by atoms with Crippen LogP contribution in [0.4, 0.5) is 0 Å². The van der Waals surface area contributed by atoms with E-state index in [4.69, 9.17) is 12.2 Å². The molecular weight excluding hydrogens is 148 g/mol. The van der Waals surface area contributed by atoms with Crippen LogP contribution in [0.2, 0.25) is 0 Å². The van der Waals surface area contributed by atoms with Crippen LogP contribution in [-0.4, -0.2) is 22.5 Å². The number of rotatable bonds is 1. The standard InChI is InChI=1S/C6H6N2OS/c1-2-8-5(9)3-4-7-6(8)10/h3H,2H2,1H3/p+1. The third-order valence-corrected chi connectivity index (χ3v) is 1.52. The quantitative estimate of drug-likeness (QED) is 0.428. The van der Waals surface area contributed by atoms with Gasteiger partial charge in [0.15, 0.2) is 6.08 Å². The third kappa shape index (κ3) is 1.12. The normalized spacial score (nSPS) is 16.7. The van der Waals surface area contributed by atoms with Gasteiger partial charge in [0, 0.05) is 12.2 Å². The molecule has 0 atom stereocenters. The molecule has 52 valence electrons. The predicted octanol–water partition coefficient (Wildman–Crippen LogP) is 0.0399. The Balaban J connectivity index is 2.77. The van der Waals surface area contributed by atoms with Gasteiger partial charge in [0.1, 0.15) is 6.20 Å². The molecule has 1 heterocycles. The highest BCUT2D eigenvalue weighted by Gasteiger charge is 2.26. The number of thiocarbonyl (C=S) groups is 1. The lowest BCUT2D eigenvalue weighted by molar-refractivity contribution is -0.122. The van der Waals surface area contributed by atoms with Gasteiger partial charge in [0.25, 0.3) is 5.11 Å². The zero-order valence-electron chi connectivity index (χ0n) is 5.55. The smallest absolute Gasteiger partial charge is 0.188 e. The highest BCUT2D eigenvalue weighted by atomic mass is 32.1. The minimum absolute atomic E-state index is 0.105. The minimum Gasteiger partial charge on any atom is -0.188 e. The Morgan fingerprint density at radius 2 is 2.60 bits per heavy atom. The van der Waals surface area contributed by atoms with E-state index >= 15 is 0 Å². The SMILES string of the molecule is CCN1C(=O)C=[C+]NC1=S. The maximum absolute atomic E-state index is 10.9. The van der Waals surface area contributed by atoms with Gasteiger partial charge < -0.3 is 0 Å². The van der Waals surface area contributed by atoms with Crippen LogP contribution in [-0.2, 0) is 4.79 Å². The molecule has 4 heteroatoms. The average Bonchev–Trinajstić information content (AvgIpc) is 1.88. The molecule has 0 aliphatic carbocycles. The van der Waals surface area contributed by atoms with Crippen molar-refractivity contribution in [3.8, 4) is 0 Å². The van der Waals surface area contributed by atoms with Gasteiger partial charge in [-0.15, -0.1) is 0 Å². The molecule has 0 aromatic carbocycles. The molecule has 0 spiro atoms. The molecule has 0 aromatic heterocycles. The monoisotopic (exact) mass is 155 g/mol. The van der Waals surface area contributed by atoms with Crippen LogP contribution in [0, 0.1) is 6.20 Å². The molecule has 0 fully saturated rings. The first-order valence-electron chi connectivity index (χ1n) is 2.96. The van der Waals surface area contributed by atoms with E-state index in [1.54, 1.807) is 0 Å². The lowest BCUT2D eigenvalue weighted by Gasteiger charge is -2.11. The summed E-state index contributed by atoms with van der Waals surface area (Å²) in [6.45, 7) is 2.47. The minimum atomic E-state index is -0.105. The van der Waals surface area contributed by atoms with E-state index in [2.05, 4.69) is 11.5 Å². The summed E-state index contributed by atoms with van der Waals surface area (Å²) in [6.07, 6.45) is 3.87. The number of likely N-dealkylation sites (N-methyl/N-ethyl adjacent to an activating group) is 1. The maximum atomic E-state index is 10.9. The summed E-state index contributed by atoms with van der Waals surface area (Å²) >= 11 is 4.81. The Kier molecular flexibility index (Phi) is 1.94. The van der Waals surface area contributed by atoms with E-state index in [9.17, 15) is 4.79 Å². The molecule has 0 aromatic rings. The van der Waals surface area contributed by atoms with Crippen molar-refractivity contribution < 1.29 is 4.79 Å². The number of hydrogen-bond acceptors (Lipinski definition) is 2. The lowest BCUT2D eigenvalue weighted by Crippen LogP contribution is -2.44. The van der Waals surface area contributed by atoms with Gasteiger partial charge in [-0.05, 0) is 6.92 Å². The summed E-state index contributed by atoms with van der Waals surface area (Å²) in [5.74, 6) is -0.105. The third-order valence-electron chi connectivity index (χ3n) is 1.20. The van der Waals surface area contributed by atoms with Gasteiger partial charge in [-0.2, -0.15) is 15.0 Å². The van der Waals surface area contributed by atoms with E-state index in [0.29, 0.717) is 11.7 Å². The second-order valence-electron chi connectivity index (χ2n) is 1.80. The van der Waals surface area contributed by atoms with Crippen LogP contribution in [0.3, 0.4) is 0 Å². The van der Waals surface area contributed by atoms with Gasteiger partial charge >= 0.3 is 5.91 Å². The van der Waals surface area contributed by atoms with Crippen LogP contribution in [0.25, 0.3) is 0 Å². The molecular formula is C6H7N2OS+. The molecule has 0 saturated heterocycles.